The number of rotatable bonds is 4. The van der Waals surface area contributed by atoms with Crippen molar-refractivity contribution in [3.8, 4) is 0 Å². The highest BCUT2D eigenvalue weighted by molar-refractivity contribution is 4.99. The molecule has 0 amide bonds. The highest BCUT2D eigenvalue weighted by Gasteiger charge is 2.29. The normalized spacial score (nSPS) is 20.2. The molecule has 0 aliphatic carbocycles. The Hall–Kier alpha value is -1.83. The molecule has 0 saturated carbocycles. The molecule has 2 aromatic rings. The Morgan fingerprint density at radius 3 is 2.64 bits per heavy atom. The Kier molecular flexibility index (Phi) is 5.17. The smallest absolute Gasteiger partial charge is 0.229 e. The summed E-state index contributed by atoms with van der Waals surface area (Å²) in [6.45, 7) is 12.0. The van der Waals surface area contributed by atoms with E-state index in [0.29, 0.717) is 12.4 Å². The number of nitrogens with zero attached hydrogens (tertiary/aromatic N) is 7. The maximum Gasteiger partial charge on any atom is 0.229 e. The van der Waals surface area contributed by atoms with Gasteiger partial charge >= 0.3 is 0 Å². The van der Waals surface area contributed by atoms with Crippen molar-refractivity contribution >= 4 is 0 Å². The van der Waals surface area contributed by atoms with Crippen molar-refractivity contribution in [1.82, 2.24) is 35.2 Å². The molecule has 2 aromatic heterocycles. The third-order valence-electron chi connectivity index (χ3n) is 4.51. The lowest BCUT2D eigenvalue weighted by Gasteiger charge is -2.26. The van der Waals surface area contributed by atoms with Gasteiger partial charge in [0.2, 0.25) is 5.89 Å². The van der Waals surface area contributed by atoms with Gasteiger partial charge < -0.3 is 4.52 Å². The van der Waals surface area contributed by atoms with Crippen LogP contribution in [0.25, 0.3) is 0 Å². The van der Waals surface area contributed by atoms with Crippen molar-refractivity contribution in [2.45, 2.75) is 84.3 Å². The molecule has 1 atom stereocenters. The maximum atomic E-state index is 5.43. The van der Waals surface area contributed by atoms with Gasteiger partial charge in [0.25, 0.3) is 0 Å². The molecule has 1 saturated heterocycles. The van der Waals surface area contributed by atoms with Gasteiger partial charge in [-0.2, -0.15) is 9.78 Å². The van der Waals surface area contributed by atoms with Gasteiger partial charge in [0.05, 0.1) is 18.1 Å². The van der Waals surface area contributed by atoms with E-state index >= 15 is 0 Å². The Balaban J connectivity index is 1.79. The van der Waals surface area contributed by atoms with Crippen molar-refractivity contribution in [3.05, 3.63) is 17.5 Å². The summed E-state index contributed by atoms with van der Waals surface area (Å²) in [6, 6.07) is 0.153. The molecule has 3 rings (SSSR count). The van der Waals surface area contributed by atoms with Crippen LogP contribution in [0.5, 0.6) is 0 Å². The van der Waals surface area contributed by atoms with Crippen LogP contribution in [0.2, 0.25) is 0 Å². The SMILES string of the molecule is CC(C)c1nc([C@@H]2CCCCCN2Cc2nnn(C(C)(C)C)n2)no1. The van der Waals surface area contributed by atoms with E-state index in [-0.39, 0.29) is 17.5 Å². The van der Waals surface area contributed by atoms with E-state index in [1.54, 1.807) is 4.80 Å². The number of aromatic nitrogens is 6. The summed E-state index contributed by atoms with van der Waals surface area (Å²) >= 11 is 0. The third-order valence-corrected chi connectivity index (χ3v) is 4.51. The lowest BCUT2D eigenvalue weighted by molar-refractivity contribution is 0.175. The minimum Gasteiger partial charge on any atom is -0.339 e. The van der Waals surface area contributed by atoms with E-state index in [1.807, 2.05) is 0 Å². The van der Waals surface area contributed by atoms with Crippen LogP contribution in [0.1, 0.15) is 89.8 Å². The van der Waals surface area contributed by atoms with Gasteiger partial charge in [-0.15, -0.1) is 10.2 Å². The van der Waals surface area contributed by atoms with E-state index in [0.717, 1.165) is 24.6 Å². The van der Waals surface area contributed by atoms with Crippen LogP contribution in [0, 0.1) is 0 Å². The fourth-order valence-corrected chi connectivity index (χ4v) is 3.04. The highest BCUT2D eigenvalue weighted by atomic mass is 16.5. The summed E-state index contributed by atoms with van der Waals surface area (Å²) in [6.07, 6.45) is 4.60. The molecule has 25 heavy (non-hydrogen) atoms. The van der Waals surface area contributed by atoms with Crippen molar-refractivity contribution in [1.29, 1.82) is 0 Å². The van der Waals surface area contributed by atoms with E-state index in [2.05, 4.69) is 65.1 Å². The molecule has 8 heteroatoms. The zero-order chi connectivity index (χ0) is 18.0. The van der Waals surface area contributed by atoms with Crippen molar-refractivity contribution < 1.29 is 4.52 Å². The van der Waals surface area contributed by atoms with Crippen molar-refractivity contribution in [2.75, 3.05) is 6.54 Å². The highest BCUT2D eigenvalue weighted by Crippen LogP contribution is 2.30. The molecule has 1 aliphatic rings. The Morgan fingerprint density at radius 1 is 1.20 bits per heavy atom. The number of hydrogen-bond donors (Lipinski definition) is 0. The molecule has 0 radical (unpaired) electrons. The molecule has 0 bridgehead atoms. The second kappa shape index (κ2) is 7.19. The Morgan fingerprint density at radius 2 is 2.00 bits per heavy atom. The minimum atomic E-state index is -0.163. The minimum absolute atomic E-state index is 0.153. The van der Waals surface area contributed by atoms with Crippen LogP contribution >= 0.6 is 0 Å². The summed E-state index contributed by atoms with van der Waals surface area (Å²) in [4.78, 5) is 8.68. The zero-order valence-corrected chi connectivity index (χ0v) is 15.9. The quantitative estimate of drug-likeness (QED) is 0.840. The average molecular weight is 347 g/mol. The second-order valence-electron chi connectivity index (χ2n) is 8.15. The van der Waals surface area contributed by atoms with Gasteiger partial charge in [-0.1, -0.05) is 31.8 Å². The molecule has 138 valence electrons. The lowest BCUT2D eigenvalue weighted by Crippen LogP contribution is -2.30. The Labute approximate surface area is 149 Å². The molecule has 3 heterocycles. The molecule has 1 fully saturated rings. The topological polar surface area (TPSA) is 85.8 Å². The van der Waals surface area contributed by atoms with Crippen LogP contribution < -0.4 is 0 Å². The summed E-state index contributed by atoms with van der Waals surface area (Å²) in [5.41, 5.74) is -0.163. The first kappa shape index (κ1) is 18.0. The van der Waals surface area contributed by atoms with Crippen molar-refractivity contribution in [3.63, 3.8) is 0 Å². The number of likely N-dealkylation sites (tertiary alicyclic amines) is 1. The molecule has 0 N–H and O–H groups in total. The predicted octanol–water partition coefficient (Wildman–Crippen LogP) is 3.05. The van der Waals surface area contributed by atoms with E-state index in [9.17, 15) is 0 Å². The van der Waals surface area contributed by atoms with Crippen LogP contribution in [0.3, 0.4) is 0 Å². The zero-order valence-electron chi connectivity index (χ0n) is 15.9. The lowest BCUT2D eigenvalue weighted by atomic mass is 10.1. The van der Waals surface area contributed by atoms with Gasteiger partial charge in [-0.25, -0.2) is 0 Å². The van der Waals surface area contributed by atoms with E-state index in [4.69, 9.17) is 4.52 Å². The summed E-state index contributed by atoms with van der Waals surface area (Å²) in [7, 11) is 0. The molecule has 0 aromatic carbocycles. The second-order valence-corrected chi connectivity index (χ2v) is 8.15. The standard InChI is InChI=1S/C17H29N7O/c1-12(2)16-18-15(21-25-16)13-9-7-6-8-10-23(13)11-14-19-22-24(20-14)17(3,4)5/h12-13H,6-11H2,1-5H3/t13-/m0/s1. The van der Waals surface area contributed by atoms with Crippen LogP contribution in [-0.2, 0) is 12.1 Å². The van der Waals surface area contributed by atoms with E-state index in [1.165, 1.54) is 19.3 Å². The fourth-order valence-electron chi connectivity index (χ4n) is 3.04. The summed E-state index contributed by atoms with van der Waals surface area (Å²) in [5, 5.41) is 17.3. The monoisotopic (exact) mass is 347 g/mol. The third kappa shape index (κ3) is 4.23. The Bertz CT molecular complexity index is 685. The first-order valence-electron chi connectivity index (χ1n) is 9.21. The van der Waals surface area contributed by atoms with Gasteiger partial charge in [0.1, 0.15) is 0 Å². The van der Waals surface area contributed by atoms with Crippen LogP contribution in [0.4, 0.5) is 0 Å². The summed E-state index contributed by atoms with van der Waals surface area (Å²) in [5.74, 6) is 2.48. The maximum absolute atomic E-state index is 5.43. The predicted molar refractivity (Wildman–Crippen MR) is 92.8 cm³/mol. The average Bonchev–Trinajstić information content (AvgIpc) is 3.14. The first-order chi connectivity index (χ1) is 11.8. The fraction of sp³-hybridized carbons (Fsp3) is 0.824. The first-order valence-corrected chi connectivity index (χ1v) is 9.21. The molecule has 0 spiro atoms. The van der Waals surface area contributed by atoms with Crippen LogP contribution in [-0.4, -0.2) is 41.8 Å². The molecule has 0 unspecified atom stereocenters. The number of tetrazole rings is 1. The van der Waals surface area contributed by atoms with Crippen LogP contribution in [0.15, 0.2) is 4.52 Å². The van der Waals surface area contributed by atoms with Gasteiger partial charge in [-0.3, -0.25) is 4.90 Å². The molecule has 8 nitrogen and oxygen atoms in total. The molecular formula is C17H29N7O. The molecule has 1 aliphatic heterocycles. The molecular weight excluding hydrogens is 318 g/mol. The van der Waals surface area contributed by atoms with Gasteiger partial charge in [0, 0.05) is 5.92 Å². The van der Waals surface area contributed by atoms with E-state index < -0.39 is 0 Å². The van der Waals surface area contributed by atoms with Crippen molar-refractivity contribution in [2.24, 2.45) is 0 Å². The van der Waals surface area contributed by atoms with Gasteiger partial charge in [-0.05, 0) is 45.4 Å². The number of hydrogen-bond acceptors (Lipinski definition) is 7. The summed E-state index contributed by atoms with van der Waals surface area (Å²) < 4.78 is 5.43. The van der Waals surface area contributed by atoms with Gasteiger partial charge in [0.15, 0.2) is 11.6 Å². The largest absolute Gasteiger partial charge is 0.339 e.